The molecule has 0 saturated carbocycles. The van der Waals surface area contributed by atoms with E-state index in [9.17, 15) is 0 Å². The number of ether oxygens (including phenoxy) is 1. The van der Waals surface area contributed by atoms with Gasteiger partial charge in [0.05, 0.1) is 5.60 Å². The van der Waals surface area contributed by atoms with E-state index in [1.807, 2.05) is 45.9 Å². The molecule has 14 heavy (non-hydrogen) atoms. The molecular formula is C11H15BrOZn. The van der Waals surface area contributed by atoms with Crippen LogP contribution in [0, 0.1) is 13.0 Å². The topological polar surface area (TPSA) is 9.23 Å². The molecule has 0 N–H and O–H groups in total. The Kier molecular flexibility index (Phi) is 6.64. The Labute approximate surface area is 103 Å². The summed E-state index contributed by atoms with van der Waals surface area (Å²) in [5, 5.41) is 0. The maximum atomic E-state index is 5.70. The molecule has 0 saturated heterocycles. The van der Waals surface area contributed by atoms with Gasteiger partial charge in [-0.25, -0.2) is 0 Å². The number of hydrogen-bond donors (Lipinski definition) is 0. The summed E-state index contributed by atoms with van der Waals surface area (Å²) in [6, 6.07) is 8.77. The molecule has 3 heteroatoms. The summed E-state index contributed by atoms with van der Waals surface area (Å²) >= 11 is 4.25. The summed E-state index contributed by atoms with van der Waals surface area (Å²) in [4.78, 5) is 0. The Morgan fingerprint density at radius 3 is 2.36 bits per heavy atom. The van der Waals surface area contributed by atoms with Crippen molar-refractivity contribution in [1.82, 2.24) is 0 Å². The van der Waals surface area contributed by atoms with Crippen LogP contribution in [0.5, 0.6) is 5.75 Å². The number of aryl methyl sites for hydroxylation is 1. The quantitative estimate of drug-likeness (QED) is 0.566. The van der Waals surface area contributed by atoms with Gasteiger partial charge in [-0.15, -0.1) is 11.6 Å². The molecule has 0 bridgehead atoms. The summed E-state index contributed by atoms with van der Waals surface area (Å²) in [5.74, 6) is 0.921. The van der Waals surface area contributed by atoms with E-state index in [2.05, 4.69) is 19.7 Å². The predicted molar refractivity (Wildman–Crippen MR) is 59.3 cm³/mol. The number of benzene rings is 1. The van der Waals surface area contributed by atoms with Crippen molar-refractivity contribution >= 4 is 13.6 Å². The van der Waals surface area contributed by atoms with Gasteiger partial charge in [0.25, 0.3) is 0 Å². The molecule has 0 unspecified atom stereocenters. The molecule has 1 aromatic rings. The Balaban J connectivity index is 0.000000791. The van der Waals surface area contributed by atoms with Gasteiger partial charge >= 0.3 is 30.0 Å². The molecule has 1 rings (SSSR count). The van der Waals surface area contributed by atoms with Crippen LogP contribution in [-0.2, 0) is 16.3 Å². The average molecular weight is 309 g/mol. The minimum absolute atomic E-state index is 0.125. The van der Waals surface area contributed by atoms with Gasteiger partial charge in [0.1, 0.15) is 0 Å². The summed E-state index contributed by atoms with van der Waals surface area (Å²) in [5.41, 5.74) is 1.03. The standard InChI is InChI=1S/C11H15O.BrH.Zn/c1-9-7-5-6-8-10(9)12-11(2,3)4;;/h5,7-8H,1-4H3;1H;/q-1;;+2/p-1. The molecule has 0 aromatic heterocycles. The molecule has 0 fully saturated rings. The zero-order valence-corrected chi connectivity index (χ0v) is 13.8. The van der Waals surface area contributed by atoms with Crippen LogP contribution in [0.3, 0.4) is 0 Å². The zero-order valence-electron chi connectivity index (χ0n) is 9.23. The third-order valence-corrected chi connectivity index (χ3v) is 1.45. The molecule has 74 valence electrons. The van der Waals surface area contributed by atoms with E-state index in [4.69, 9.17) is 4.74 Å². The third kappa shape index (κ3) is 5.77. The van der Waals surface area contributed by atoms with Crippen molar-refractivity contribution in [2.24, 2.45) is 0 Å². The first-order valence-electron chi connectivity index (χ1n) is 4.41. The normalized spacial score (nSPS) is 10.2. The van der Waals surface area contributed by atoms with Crippen molar-refractivity contribution in [1.29, 1.82) is 0 Å². The Morgan fingerprint density at radius 1 is 1.36 bits per heavy atom. The Morgan fingerprint density at radius 2 is 1.93 bits per heavy atom. The van der Waals surface area contributed by atoms with Gasteiger partial charge in [0.2, 0.25) is 0 Å². The van der Waals surface area contributed by atoms with Crippen LogP contribution in [0.4, 0.5) is 0 Å². The number of halogens is 1. The summed E-state index contributed by atoms with van der Waals surface area (Å²) in [6.45, 7) is 8.16. The van der Waals surface area contributed by atoms with Crippen LogP contribution in [-0.4, -0.2) is 5.60 Å². The fraction of sp³-hybridized carbons (Fsp3) is 0.455. The van der Waals surface area contributed by atoms with E-state index in [0.717, 1.165) is 11.3 Å². The fourth-order valence-electron chi connectivity index (χ4n) is 0.933. The van der Waals surface area contributed by atoms with Gasteiger partial charge in [-0.3, -0.25) is 0 Å². The van der Waals surface area contributed by atoms with Crippen molar-refractivity contribution < 1.29 is 21.1 Å². The van der Waals surface area contributed by atoms with Crippen molar-refractivity contribution in [3.05, 3.63) is 29.8 Å². The van der Waals surface area contributed by atoms with Gasteiger partial charge in [-0.05, 0) is 20.8 Å². The fourth-order valence-corrected chi connectivity index (χ4v) is 0.933. The average Bonchev–Trinajstić information content (AvgIpc) is 2.10. The number of hydrogen-bond acceptors (Lipinski definition) is 1. The molecule has 0 heterocycles. The summed E-state index contributed by atoms with van der Waals surface area (Å²) < 4.78 is 5.70. The van der Waals surface area contributed by atoms with Crippen molar-refractivity contribution in [3.8, 4) is 5.75 Å². The van der Waals surface area contributed by atoms with Crippen molar-refractivity contribution in [3.63, 3.8) is 0 Å². The van der Waals surface area contributed by atoms with E-state index < -0.39 is 0 Å². The van der Waals surface area contributed by atoms with Crippen LogP contribution >= 0.6 is 13.6 Å². The van der Waals surface area contributed by atoms with Crippen molar-refractivity contribution in [2.75, 3.05) is 0 Å². The van der Waals surface area contributed by atoms with Crippen LogP contribution in [0.25, 0.3) is 0 Å². The molecule has 0 radical (unpaired) electrons. The van der Waals surface area contributed by atoms with Gasteiger partial charge in [-0.1, -0.05) is 6.92 Å². The first-order valence-corrected chi connectivity index (χ1v) is 11.4. The third-order valence-electron chi connectivity index (χ3n) is 1.45. The van der Waals surface area contributed by atoms with Gasteiger partial charge < -0.3 is 4.74 Å². The molecule has 0 atom stereocenters. The molecule has 0 aliphatic rings. The monoisotopic (exact) mass is 306 g/mol. The van der Waals surface area contributed by atoms with E-state index in [1.54, 1.807) is 0 Å². The van der Waals surface area contributed by atoms with E-state index in [0.29, 0.717) is 0 Å². The molecule has 0 aliphatic heterocycles. The van der Waals surface area contributed by atoms with Crippen LogP contribution in [0.1, 0.15) is 26.3 Å². The molecule has 0 spiro atoms. The first kappa shape index (κ1) is 14.1. The van der Waals surface area contributed by atoms with Crippen molar-refractivity contribution in [2.45, 2.75) is 33.3 Å². The van der Waals surface area contributed by atoms with Crippen LogP contribution < -0.4 is 4.74 Å². The molecule has 0 aliphatic carbocycles. The SMILES string of the molecule is Cc1cc[c-]cc1OC(C)(C)C.[Zn+][Br]. The first-order chi connectivity index (χ1) is 6.49. The second-order valence-corrected chi connectivity index (χ2v) is 3.91. The van der Waals surface area contributed by atoms with Crippen LogP contribution in [0.15, 0.2) is 18.2 Å². The van der Waals surface area contributed by atoms with Gasteiger partial charge in [0.15, 0.2) is 0 Å². The zero-order chi connectivity index (χ0) is 11.2. The van der Waals surface area contributed by atoms with E-state index >= 15 is 0 Å². The van der Waals surface area contributed by atoms with Gasteiger partial charge in [-0.2, -0.15) is 18.2 Å². The summed E-state index contributed by atoms with van der Waals surface area (Å²) in [7, 11) is 0. The van der Waals surface area contributed by atoms with E-state index in [1.165, 1.54) is 16.3 Å². The second-order valence-electron chi connectivity index (χ2n) is 3.91. The van der Waals surface area contributed by atoms with E-state index in [-0.39, 0.29) is 5.60 Å². The maximum absolute atomic E-state index is 5.70. The minimum atomic E-state index is -0.125. The molecule has 1 aromatic carbocycles. The second kappa shape index (κ2) is 6.58. The van der Waals surface area contributed by atoms with Crippen LogP contribution in [0.2, 0.25) is 0 Å². The predicted octanol–water partition coefficient (Wildman–Crippen LogP) is 3.82. The summed E-state index contributed by atoms with van der Waals surface area (Å²) in [6.07, 6.45) is 0. The molecule has 0 amide bonds. The Bertz CT molecular complexity index is 268. The molecular weight excluding hydrogens is 293 g/mol. The molecule has 1 nitrogen and oxygen atoms in total. The number of rotatable bonds is 1. The van der Waals surface area contributed by atoms with Gasteiger partial charge in [0, 0.05) is 5.75 Å². The Hall–Kier alpha value is 0.123.